The van der Waals surface area contributed by atoms with Gasteiger partial charge in [-0.15, -0.1) is 0 Å². The van der Waals surface area contributed by atoms with E-state index in [1.807, 2.05) is 36.4 Å². The molecule has 1 saturated heterocycles. The molecule has 2 N–H and O–H groups in total. The maximum atomic E-state index is 12.0. The van der Waals surface area contributed by atoms with E-state index in [2.05, 4.69) is 21.7 Å². The highest BCUT2D eigenvalue weighted by Gasteiger charge is 2.21. The molecule has 4 nitrogen and oxygen atoms in total. The highest BCUT2D eigenvalue weighted by atomic mass is 16.2. The summed E-state index contributed by atoms with van der Waals surface area (Å²) in [5.74, 6) is 0.0933. The van der Waals surface area contributed by atoms with E-state index >= 15 is 0 Å². The lowest BCUT2D eigenvalue weighted by Crippen LogP contribution is -2.39. The SMILES string of the molecule is O=C(NCc1cccc(-c2ccccn2)c1)[C@@H]1CCCN1. The van der Waals surface area contributed by atoms with E-state index in [9.17, 15) is 4.79 Å². The molecule has 1 aliphatic rings. The van der Waals surface area contributed by atoms with Crippen LogP contribution in [0.25, 0.3) is 11.3 Å². The Kier molecular flexibility index (Phi) is 4.26. The number of pyridine rings is 1. The summed E-state index contributed by atoms with van der Waals surface area (Å²) in [6, 6.07) is 14.0. The molecule has 1 amide bonds. The van der Waals surface area contributed by atoms with E-state index < -0.39 is 0 Å². The third kappa shape index (κ3) is 3.47. The molecule has 2 aromatic rings. The van der Waals surface area contributed by atoms with Gasteiger partial charge in [0.05, 0.1) is 11.7 Å². The van der Waals surface area contributed by atoms with Gasteiger partial charge < -0.3 is 10.6 Å². The van der Waals surface area contributed by atoms with Crippen molar-refractivity contribution in [1.82, 2.24) is 15.6 Å². The van der Waals surface area contributed by atoms with Crippen molar-refractivity contribution in [3.63, 3.8) is 0 Å². The largest absolute Gasteiger partial charge is 0.351 e. The van der Waals surface area contributed by atoms with Crippen LogP contribution in [0.4, 0.5) is 0 Å². The molecule has 21 heavy (non-hydrogen) atoms. The highest BCUT2D eigenvalue weighted by molar-refractivity contribution is 5.82. The molecule has 1 aromatic heterocycles. The fourth-order valence-electron chi connectivity index (χ4n) is 2.59. The minimum atomic E-state index is -0.0241. The number of aromatic nitrogens is 1. The molecule has 108 valence electrons. The average Bonchev–Trinajstić information content (AvgIpc) is 3.08. The van der Waals surface area contributed by atoms with Crippen LogP contribution in [0.15, 0.2) is 48.7 Å². The Labute approximate surface area is 124 Å². The van der Waals surface area contributed by atoms with Crippen LogP contribution in [-0.2, 0) is 11.3 Å². The Bertz CT molecular complexity index is 606. The number of rotatable bonds is 4. The number of carbonyl (C=O) groups is 1. The van der Waals surface area contributed by atoms with Gasteiger partial charge in [-0.1, -0.05) is 24.3 Å². The van der Waals surface area contributed by atoms with E-state index in [1.54, 1.807) is 6.20 Å². The Balaban J connectivity index is 1.65. The maximum absolute atomic E-state index is 12.0. The first kappa shape index (κ1) is 13.8. The maximum Gasteiger partial charge on any atom is 0.237 e. The van der Waals surface area contributed by atoms with Crippen LogP contribution in [0.2, 0.25) is 0 Å². The van der Waals surface area contributed by atoms with Crippen molar-refractivity contribution in [2.24, 2.45) is 0 Å². The first-order valence-corrected chi connectivity index (χ1v) is 7.34. The van der Waals surface area contributed by atoms with E-state index in [1.165, 1.54) is 0 Å². The second-order valence-electron chi connectivity index (χ2n) is 5.28. The number of carbonyl (C=O) groups excluding carboxylic acids is 1. The molecule has 0 bridgehead atoms. The standard InChI is InChI=1S/C17H19N3O/c21-17(16-8-4-10-19-16)20-12-13-5-3-6-14(11-13)15-7-1-2-9-18-15/h1-3,5-7,9,11,16,19H,4,8,10,12H2,(H,20,21)/t16-/m0/s1. The summed E-state index contributed by atoms with van der Waals surface area (Å²) in [6.07, 6.45) is 3.79. The molecule has 2 heterocycles. The fraction of sp³-hybridized carbons (Fsp3) is 0.294. The Hall–Kier alpha value is -2.20. The normalized spacial score (nSPS) is 17.6. The monoisotopic (exact) mass is 281 g/mol. The second kappa shape index (κ2) is 6.50. The fourth-order valence-corrected chi connectivity index (χ4v) is 2.59. The zero-order valence-electron chi connectivity index (χ0n) is 11.9. The zero-order chi connectivity index (χ0) is 14.5. The summed E-state index contributed by atoms with van der Waals surface area (Å²) in [6.45, 7) is 1.49. The summed E-state index contributed by atoms with van der Waals surface area (Å²) in [7, 11) is 0. The van der Waals surface area contributed by atoms with Crippen LogP contribution in [0.5, 0.6) is 0 Å². The summed E-state index contributed by atoms with van der Waals surface area (Å²) in [5, 5.41) is 6.21. The van der Waals surface area contributed by atoms with Gasteiger partial charge in [0.2, 0.25) is 5.91 Å². The quantitative estimate of drug-likeness (QED) is 0.902. The number of nitrogens with one attached hydrogen (secondary N) is 2. The van der Waals surface area contributed by atoms with Crippen LogP contribution in [-0.4, -0.2) is 23.5 Å². The van der Waals surface area contributed by atoms with Crippen molar-refractivity contribution >= 4 is 5.91 Å². The molecule has 0 radical (unpaired) electrons. The average molecular weight is 281 g/mol. The smallest absolute Gasteiger partial charge is 0.237 e. The summed E-state index contributed by atoms with van der Waals surface area (Å²) >= 11 is 0. The molecule has 1 aromatic carbocycles. The lowest BCUT2D eigenvalue weighted by molar-refractivity contribution is -0.122. The van der Waals surface area contributed by atoms with Crippen LogP contribution in [0.3, 0.4) is 0 Å². The van der Waals surface area contributed by atoms with Crippen molar-refractivity contribution in [1.29, 1.82) is 0 Å². The molecule has 4 heteroatoms. The number of hydrogen-bond donors (Lipinski definition) is 2. The first-order valence-electron chi connectivity index (χ1n) is 7.34. The van der Waals surface area contributed by atoms with Gasteiger partial charge in [0, 0.05) is 18.3 Å². The van der Waals surface area contributed by atoms with Crippen molar-refractivity contribution in [2.75, 3.05) is 6.54 Å². The van der Waals surface area contributed by atoms with Crippen LogP contribution < -0.4 is 10.6 Å². The zero-order valence-corrected chi connectivity index (χ0v) is 11.9. The van der Waals surface area contributed by atoms with Gasteiger partial charge in [0.15, 0.2) is 0 Å². The van der Waals surface area contributed by atoms with Crippen LogP contribution >= 0.6 is 0 Å². The molecule has 0 spiro atoms. The predicted octanol–water partition coefficient (Wildman–Crippen LogP) is 2.12. The van der Waals surface area contributed by atoms with Crippen molar-refractivity contribution in [3.05, 3.63) is 54.2 Å². The molecule has 0 saturated carbocycles. The lowest BCUT2D eigenvalue weighted by Gasteiger charge is -2.11. The van der Waals surface area contributed by atoms with E-state index in [0.717, 1.165) is 36.2 Å². The van der Waals surface area contributed by atoms with Gasteiger partial charge in [-0.3, -0.25) is 9.78 Å². The van der Waals surface area contributed by atoms with Crippen LogP contribution in [0, 0.1) is 0 Å². The third-order valence-corrected chi connectivity index (χ3v) is 3.73. The van der Waals surface area contributed by atoms with Crippen molar-refractivity contribution in [3.8, 4) is 11.3 Å². The molecule has 1 aliphatic heterocycles. The Morgan fingerprint density at radius 3 is 3.00 bits per heavy atom. The molecule has 0 unspecified atom stereocenters. The Morgan fingerprint density at radius 2 is 2.24 bits per heavy atom. The molecular weight excluding hydrogens is 262 g/mol. The molecule has 1 atom stereocenters. The third-order valence-electron chi connectivity index (χ3n) is 3.73. The van der Waals surface area contributed by atoms with Gasteiger partial charge in [0.1, 0.15) is 0 Å². The summed E-state index contributed by atoms with van der Waals surface area (Å²) in [4.78, 5) is 16.3. The van der Waals surface area contributed by atoms with Gasteiger partial charge in [-0.2, -0.15) is 0 Å². The minimum absolute atomic E-state index is 0.0241. The first-order chi connectivity index (χ1) is 10.3. The van der Waals surface area contributed by atoms with E-state index in [0.29, 0.717) is 6.54 Å². The van der Waals surface area contributed by atoms with Crippen molar-refractivity contribution in [2.45, 2.75) is 25.4 Å². The lowest BCUT2D eigenvalue weighted by atomic mass is 10.1. The minimum Gasteiger partial charge on any atom is -0.351 e. The number of amides is 1. The molecule has 1 fully saturated rings. The Morgan fingerprint density at radius 1 is 1.29 bits per heavy atom. The van der Waals surface area contributed by atoms with E-state index in [-0.39, 0.29) is 11.9 Å². The topological polar surface area (TPSA) is 54.0 Å². The summed E-state index contributed by atoms with van der Waals surface area (Å²) in [5.41, 5.74) is 3.11. The van der Waals surface area contributed by atoms with Gasteiger partial charge >= 0.3 is 0 Å². The molecular formula is C17H19N3O. The van der Waals surface area contributed by atoms with Gasteiger partial charge in [-0.05, 0) is 43.1 Å². The van der Waals surface area contributed by atoms with E-state index in [4.69, 9.17) is 0 Å². The van der Waals surface area contributed by atoms with Gasteiger partial charge in [-0.25, -0.2) is 0 Å². The van der Waals surface area contributed by atoms with Crippen LogP contribution in [0.1, 0.15) is 18.4 Å². The number of hydrogen-bond acceptors (Lipinski definition) is 3. The van der Waals surface area contributed by atoms with Gasteiger partial charge in [0.25, 0.3) is 0 Å². The molecule has 0 aliphatic carbocycles. The summed E-state index contributed by atoms with van der Waals surface area (Å²) < 4.78 is 0. The predicted molar refractivity (Wildman–Crippen MR) is 82.5 cm³/mol. The number of nitrogens with zero attached hydrogens (tertiary/aromatic N) is 1. The highest BCUT2D eigenvalue weighted by Crippen LogP contribution is 2.17. The number of benzene rings is 1. The molecule has 3 rings (SSSR count). The van der Waals surface area contributed by atoms with Crippen molar-refractivity contribution < 1.29 is 4.79 Å². The second-order valence-corrected chi connectivity index (χ2v) is 5.28.